The minimum atomic E-state index is -0.448. The summed E-state index contributed by atoms with van der Waals surface area (Å²) in [6.45, 7) is 0.0257. The van der Waals surface area contributed by atoms with Crippen molar-refractivity contribution in [2.24, 2.45) is 0 Å². The maximum atomic E-state index is 12.4. The van der Waals surface area contributed by atoms with E-state index in [1.165, 1.54) is 16.2 Å². The van der Waals surface area contributed by atoms with Crippen molar-refractivity contribution in [2.75, 3.05) is 24.7 Å². The molecule has 0 radical (unpaired) electrons. The molecule has 1 amide bonds. The lowest BCUT2D eigenvalue weighted by Crippen LogP contribution is -2.42. The standard InChI is InChI=1S/C21H18N2O4S/c24-20-12-27-19-7-6-16(17-13-28-14-22-17)10-18(19)23(20)11-21(25)26-9-8-15-4-2-1-3-5-15/h1-7,10,13-14H,8-9,11-12H2. The Morgan fingerprint density at radius 2 is 2.07 bits per heavy atom. The number of fused-ring (bicyclic) bond motifs is 1. The Kier molecular flexibility index (Phi) is 5.34. The molecule has 0 N–H and O–H groups in total. The van der Waals surface area contributed by atoms with Gasteiger partial charge in [0, 0.05) is 17.4 Å². The molecular formula is C21H18N2O4S. The van der Waals surface area contributed by atoms with Crippen molar-refractivity contribution in [3.63, 3.8) is 0 Å². The van der Waals surface area contributed by atoms with Crippen LogP contribution in [0.1, 0.15) is 5.56 Å². The predicted octanol–water partition coefficient (Wildman–Crippen LogP) is 3.32. The SMILES string of the molecule is O=C(CN1C(=O)COc2ccc(-c3cscn3)cc21)OCCc1ccccc1. The normalized spacial score (nSPS) is 13.0. The summed E-state index contributed by atoms with van der Waals surface area (Å²) in [4.78, 5) is 30.4. The molecule has 1 aromatic heterocycles. The summed E-state index contributed by atoms with van der Waals surface area (Å²) >= 11 is 1.49. The zero-order valence-corrected chi connectivity index (χ0v) is 15.9. The van der Waals surface area contributed by atoms with Crippen LogP contribution in [0.25, 0.3) is 11.3 Å². The van der Waals surface area contributed by atoms with Crippen LogP contribution in [0, 0.1) is 0 Å². The largest absolute Gasteiger partial charge is 0.482 e. The Balaban J connectivity index is 1.45. The van der Waals surface area contributed by atoms with Gasteiger partial charge in [0.05, 0.1) is 23.5 Å². The van der Waals surface area contributed by atoms with E-state index in [0.29, 0.717) is 17.9 Å². The van der Waals surface area contributed by atoms with E-state index in [0.717, 1.165) is 16.8 Å². The predicted molar refractivity (Wildman–Crippen MR) is 107 cm³/mol. The number of aromatic nitrogens is 1. The summed E-state index contributed by atoms with van der Waals surface area (Å²) in [6.07, 6.45) is 0.633. The van der Waals surface area contributed by atoms with E-state index in [9.17, 15) is 9.59 Å². The molecule has 0 aliphatic carbocycles. The van der Waals surface area contributed by atoms with Crippen LogP contribution in [0.2, 0.25) is 0 Å². The zero-order valence-electron chi connectivity index (χ0n) is 15.0. The first-order valence-corrected chi connectivity index (χ1v) is 9.80. The lowest BCUT2D eigenvalue weighted by Gasteiger charge is -2.29. The first-order valence-electron chi connectivity index (χ1n) is 8.86. The molecule has 1 aliphatic heterocycles. The molecule has 0 fully saturated rings. The highest BCUT2D eigenvalue weighted by molar-refractivity contribution is 7.07. The molecule has 3 aromatic rings. The molecular weight excluding hydrogens is 376 g/mol. The van der Waals surface area contributed by atoms with Crippen molar-refractivity contribution < 1.29 is 19.1 Å². The number of hydrogen-bond donors (Lipinski definition) is 0. The van der Waals surface area contributed by atoms with Crippen molar-refractivity contribution in [3.05, 3.63) is 65.0 Å². The lowest BCUT2D eigenvalue weighted by atomic mass is 10.1. The van der Waals surface area contributed by atoms with Gasteiger partial charge in [0.25, 0.3) is 5.91 Å². The van der Waals surface area contributed by atoms with E-state index in [1.54, 1.807) is 11.6 Å². The van der Waals surface area contributed by atoms with Gasteiger partial charge in [-0.2, -0.15) is 0 Å². The molecule has 6 nitrogen and oxygen atoms in total. The summed E-state index contributed by atoms with van der Waals surface area (Å²) in [6, 6.07) is 15.3. The summed E-state index contributed by atoms with van der Waals surface area (Å²) in [5.41, 5.74) is 5.08. The number of ether oxygens (including phenoxy) is 2. The lowest BCUT2D eigenvalue weighted by molar-refractivity contribution is -0.143. The monoisotopic (exact) mass is 394 g/mol. The van der Waals surface area contributed by atoms with Crippen molar-refractivity contribution in [2.45, 2.75) is 6.42 Å². The average molecular weight is 394 g/mol. The molecule has 7 heteroatoms. The van der Waals surface area contributed by atoms with Crippen molar-refractivity contribution in [3.8, 4) is 17.0 Å². The molecule has 0 saturated heterocycles. The molecule has 2 aromatic carbocycles. The van der Waals surface area contributed by atoms with Crippen LogP contribution in [-0.4, -0.2) is 36.6 Å². The minimum Gasteiger partial charge on any atom is -0.482 e. The first-order chi connectivity index (χ1) is 13.7. The smallest absolute Gasteiger partial charge is 0.326 e. The van der Waals surface area contributed by atoms with Crippen molar-refractivity contribution in [1.29, 1.82) is 0 Å². The van der Waals surface area contributed by atoms with Crippen LogP contribution in [0.15, 0.2) is 59.4 Å². The van der Waals surface area contributed by atoms with Gasteiger partial charge in [0.2, 0.25) is 0 Å². The number of thiazole rings is 1. The molecule has 0 atom stereocenters. The second-order valence-electron chi connectivity index (χ2n) is 6.28. The summed E-state index contributed by atoms with van der Waals surface area (Å²) in [5.74, 6) is -0.158. The minimum absolute atomic E-state index is 0.0969. The molecule has 1 aliphatic rings. The molecule has 4 rings (SSSR count). The molecule has 142 valence electrons. The topological polar surface area (TPSA) is 68.7 Å². The maximum absolute atomic E-state index is 12.4. The van der Waals surface area contributed by atoms with Gasteiger partial charge in [-0.3, -0.25) is 14.5 Å². The zero-order chi connectivity index (χ0) is 19.3. The Bertz CT molecular complexity index is 973. The van der Waals surface area contributed by atoms with Gasteiger partial charge in [-0.15, -0.1) is 11.3 Å². The number of carbonyl (C=O) groups excluding carboxylic acids is 2. The van der Waals surface area contributed by atoms with Crippen LogP contribution in [0.4, 0.5) is 5.69 Å². The highest BCUT2D eigenvalue weighted by Crippen LogP contribution is 2.35. The third-order valence-electron chi connectivity index (χ3n) is 4.41. The van der Waals surface area contributed by atoms with Gasteiger partial charge in [0.15, 0.2) is 6.61 Å². The quantitative estimate of drug-likeness (QED) is 0.600. The fraction of sp³-hybridized carbons (Fsp3) is 0.190. The molecule has 28 heavy (non-hydrogen) atoms. The molecule has 0 bridgehead atoms. The number of benzene rings is 2. The van der Waals surface area contributed by atoms with Gasteiger partial charge in [-0.1, -0.05) is 30.3 Å². The number of nitrogens with zero attached hydrogens (tertiary/aromatic N) is 2. The van der Waals surface area contributed by atoms with Gasteiger partial charge in [-0.25, -0.2) is 4.98 Å². The van der Waals surface area contributed by atoms with Crippen molar-refractivity contribution in [1.82, 2.24) is 4.98 Å². The third kappa shape index (κ3) is 4.04. The van der Waals surface area contributed by atoms with Gasteiger partial charge < -0.3 is 9.47 Å². The molecule has 0 saturated carbocycles. The third-order valence-corrected chi connectivity index (χ3v) is 5.00. The Morgan fingerprint density at radius 3 is 2.86 bits per heavy atom. The van der Waals surface area contributed by atoms with Crippen LogP contribution >= 0.6 is 11.3 Å². The molecule has 0 spiro atoms. The van der Waals surface area contributed by atoms with E-state index < -0.39 is 5.97 Å². The Morgan fingerprint density at radius 1 is 1.21 bits per heavy atom. The van der Waals surface area contributed by atoms with Gasteiger partial charge in [-0.05, 0) is 23.8 Å². The first kappa shape index (κ1) is 18.2. The van der Waals surface area contributed by atoms with Gasteiger partial charge >= 0.3 is 5.97 Å². The van der Waals surface area contributed by atoms with E-state index >= 15 is 0 Å². The number of carbonyl (C=O) groups is 2. The van der Waals surface area contributed by atoms with Gasteiger partial charge in [0.1, 0.15) is 12.3 Å². The van der Waals surface area contributed by atoms with E-state index in [-0.39, 0.29) is 25.7 Å². The second-order valence-corrected chi connectivity index (χ2v) is 7.00. The number of esters is 1. The number of anilines is 1. The van der Waals surface area contributed by atoms with E-state index in [1.807, 2.05) is 47.8 Å². The number of amides is 1. The van der Waals surface area contributed by atoms with E-state index in [2.05, 4.69) is 4.98 Å². The highest BCUT2D eigenvalue weighted by atomic mass is 32.1. The number of rotatable bonds is 6. The van der Waals surface area contributed by atoms with Crippen LogP contribution < -0.4 is 9.64 Å². The Labute approximate surface area is 166 Å². The second kappa shape index (κ2) is 8.22. The van der Waals surface area contributed by atoms with Crippen LogP contribution in [0.5, 0.6) is 5.75 Å². The highest BCUT2D eigenvalue weighted by Gasteiger charge is 2.28. The maximum Gasteiger partial charge on any atom is 0.326 e. The average Bonchev–Trinajstić information content (AvgIpc) is 3.25. The van der Waals surface area contributed by atoms with Crippen LogP contribution in [-0.2, 0) is 20.7 Å². The fourth-order valence-corrected chi connectivity index (χ4v) is 3.55. The van der Waals surface area contributed by atoms with Crippen molar-refractivity contribution >= 4 is 28.9 Å². The molecule has 2 heterocycles. The fourth-order valence-electron chi connectivity index (χ4n) is 2.99. The molecule has 0 unspecified atom stereocenters. The summed E-state index contributed by atoms with van der Waals surface area (Å²) < 4.78 is 10.8. The summed E-state index contributed by atoms with van der Waals surface area (Å²) in [5, 5.41) is 1.93. The van der Waals surface area contributed by atoms with E-state index in [4.69, 9.17) is 9.47 Å². The summed E-state index contributed by atoms with van der Waals surface area (Å²) in [7, 11) is 0. The Hall–Kier alpha value is -3.19. The van der Waals surface area contributed by atoms with Crippen LogP contribution in [0.3, 0.4) is 0 Å². The number of hydrogen-bond acceptors (Lipinski definition) is 6.